The minimum atomic E-state index is 0.712. The molecule has 0 saturated carbocycles. The fourth-order valence-corrected chi connectivity index (χ4v) is 2.52. The third-order valence-corrected chi connectivity index (χ3v) is 3.77. The van der Waals surface area contributed by atoms with E-state index in [1.54, 1.807) is 7.11 Å². The van der Waals surface area contributed by atoms with E-state index in [2.05, 4.69) is 28.4 Å². The van der Waals surface area contributed by atoms with Crippen molar-refractivity contribution in [1.82, 2.24) is 5.32 Å². The van der Waals surface area contributed by atoms with Crippen LogP contribution in [0.25, 0.3) is 0 Å². The summed E-state index contributed by atoms with van der Waals surface area (Å²) in [6.07, 6.45) is 1.07. The molecule has 5 heteroatoms. The normalized spacial score (nSPS) is 16.2. The third kappa shape index (κ3) is 4.63. The molecule has 0 atom stereocenters. The van der Waals surface area contributed by atoms with E-state index in [1.165, 1.54) is 5.69 Å². The Labute approximate surface area is 126 Å². The molecule has 112 valence electrons. The van der Waals surface area contributed by atoms with Crippen molar-refractivity contribution in [3.8, 4) is 0 Å². The summed E-state index contributed by atoms with van der Waals surface area (Å²) in [6, 6.07) is 6.30. The summed E-state index contributed by atoms with van der Waals surface area (Å²) in [5, 5.41) is 4.13. The maximum atomic E-state index is 6.37. The largest absolute Gasteiger partial charge is 0.383 e. The number of benzene rings is 1. The molecule has 0 bridgehead atoms. The van der Waals surface area contributed by atoms with Crippen LogP contribution >= 0.6 is 11.6 Å². The summed E-state index contributed by atoms with van der Waals surface area (Å²) in [6.45, 7) is 5.92. The van der Waals surface area contributed by atoms with E-state index >= 15 is 0 Å². The van der Waals surface area contributed by atoms with E-state index in [4.69, 9.17) is 21.1 Å². The highest BCUT2D eigenvalue weighted by Crippen LogP contribution is 2.24. The molecule has 1 aliphatic heterocycles. The second-order valence-electron chi connectivity index (χ2n) is 4.90. The van der Waals surface area contributed by atoms with Gasteiger partial charge in [-0.25, -0.2) is 0 Å². The van der Waals surface area contributed by atoms with Crippen LogP contribution in [0.4, 0.5) is 5.69 Å². The van der Waals surface area contributed by atoms with Gasteiger partial charge in [-0.3, -0.25) is 0 Å². The van der Waals surface area contributed by atoms with Gasteiger partial charge in [-0.05, 0) is 24.1 Å². The van der Waals surface area contributed by atoms with E-state index in [1.807, 2.05) is 0 Å². The molecular weight excluding hydrogens is 276 g/mol. The first-order valence-electron chi connectivity index (χ1n) is 7.12. The molecule has 1 aromatic rings. The molecule has 1 fully saturated rings. The second-order valence-corrected chi connectivity index (χ2v) is 5.31. The van der Waals surface area contributed by atoms with Crippen LogP contribution in [-0.4, -0.2) is 46.6 Å². The Bertz CT molecular complexity index is 407. The van der Waals surface area contributed by atoms with Crippen molar-refractivity contribution >= 4 is 17.3 Å². The molecule has 4 nitrogen and oxygen atoms in total. The predicted octanol–water partition coefficient (Wildman–Crippen LogP) is 2.30. The van der Waals surface area contributed by atoms with E-state index < -0.39 is 0 Å². The number of halogens is 1. The molecule has 0 aliphatic carbocycles. The van der Waals surface area contributed by atoms with E-state index in [9.17, 15) is 0 Å². The van der Waals surface area contributed by atoms with Crippen LogP contribution in [0.5, 0.6) is 0 Å². The van der Waals surface area contributed by atoms with Crippen LogP contribution in [0.1, 0.15) is 12.0 Å². The van der Waals surface area contributed by atoms with Crippen LogP contribution in [0, 0.1) is 0 Å². The lowest BCUT2D eigenvalue weighted by atomic mass is 10.2. The van der Waals surface area contributed by atoms with Crippen LogP contribution in [0.2, 0.25) is 5.02 Å². The molecular formula is C15H23ClN2O2. The zero-order chi connectivity index (χ0) is 14.2. The molecule has 0 aromatic heterocycles. The quantitative estimate of drug-likeness (QED) is 0.817. The Morgan fingerprint density at radius 3 is 3.05 bits per heavy atom. The molecule has 1 N–H and O–H groups in total. The van der Waals surface area contributed by atoms with Crippen LogP contribution < -0.4 is 10.2 Å². The maximum Gasteiger partial charge on any atom is 0.0641 e. The van der Waals surface area contributed by atoms with Gasteiger partial charge in [0, 0.05) is 50.6 Å². The number of ether oxygens (including phenoxy) is 2. The van der Waals surface area contributed by atoms with Gasteiger partial charge in [-0.1, -0.05) is 17.7 Å². The molecule has 0 spiro atoms. The summed E-state index contributed by atoms with van der Waals surface area (Å²) >= 11 is 6.37. The average molecular weight is 299 g/mol. The zero-order valence-corrected chi connectivity index (χ0v) is 12.8. The van der Waals surface area contributed by atoms with Gasteiger partial charge in [0.25, 0.3) is 0 Å². The number of anilines is 1. The van der Waals surface area contributed by atoms with Crippen molar-refractivity contribution < 1.29 is 9.47 Å². The molecule has 1 aromatic carbocycles. The fraction of sp³-hybridized carbons (Fsp3) is 0.600. The van der Waals surface area contributed by atoms with Gasteiger partial charge >= 0.3 is 0 Å². The number of methoxy groups -OCH3 is 1. The lowest BCUT2D eigenvalue weighted by Gasteiger charge is -2.22. The minimum Gasteiger partial charge on any atom is -0.383 e. The predicted molar refractivity (Wildman–Crippen MR) is 82.7 cm³/mol. The zero-order valence-electron chi connectivity index (χ0n) is 12.0. The maximum absolute atomic E-state index is 6.37. The standard InChI is InChI=1S/C15H23ClN2O2/c1-19-9-5-17-12-13-3-4-14(11-15(13)16)18-6-2-8-20-10-7-18/h3-4,11,17H,2,5-10,12H2,1H3. The summed E-state index contributed by atoms with van der Waals surface area (Å²) in [4.78, 5) is 2.33. The van der Waals surface area contributed by atoms with Gasteiger partial charge in [0.1, 0.15) is 0 Å². The smallest absolute Gasteiger partial charge is 0.0641 e. The highest BCUT2D eigenvalue weighted by atomic mass is 35.5. The molecule has 1 aliphatic rings. The van der Waals surface area contributed by atoms with E-state index in [0.29, 0.717) is 6.61 Å². The van der Waals surface area contributed by atoms with Crippen molar-refractivity contribution in [2.24, 2.45) is 0 Å². The first kappa shape index (κ1) is 15.6. The number of nitrogens with one attached hydrogen (secondary N) is 1. The summed E-state index contributed by atoms with van der Waals surface area (Å²) in [5.74, 6) is 0. The molecule has 0 amide bonds. The SMILES string of the molecule is COCCNCc1ccc(N2CCCOCC2)cc1Cl. The van der Waals surface area contributed by atoms with Crippen molar-refractivity contribution in [2.75, 3.05) is 51.5 Å². The molecule has 1 saturated heterocycles. The minimum absolute atomic E-state index is 0.712. The highest BCUT2D eigenvalue weighted by Gasteiger charge is 2.11. The van der Waals surface area contributed by atoms with E-state index in [0.717, 1.165) is 56.4 Å². The lowest BCUT2D eigenvalue weighted by Crippen LogP contribution is -2.26. The lowest BCUT2D eigenvalue weighted by molar-refractivity contribution is 0.152. The number of rotatable bonds is 6. The second kappa shape index (κ2) is 8.47. The molecule has 0 unspecified atom stereocenters. The topological polar surface area (TPSA) is 33.7 Å². The van der Waals surface area contributed by atoms with Crippen molar-refractivity contribution in [3.63, 3.8) is 0 Å². The Balaban J connectivity index is 1.94. The van der Waals surface area contributed by atoms with Gasteiger partial charge in [0.2, 0.25) is 0 Å². The van der Waals surface area contributed by atoms with Crippen molar-refractivity contribution in [2.45, 2.75) is 13.0 Å². The molecule has 2 rings (SSSR count). The Morgan fingerprint density at radius 2 is 2.25 bits per heavy atom. The first-order chi connectivity index (χ1) is 9.81. The van der Waals surface area contributed by atoms with Crippen molar-refractivity contribution in [3.05, 3.63) is 28.8 Å². The number of hydrogen-bond acceptors (Lipinski definition) is 4. The van der Waals surface area contributed by atoms with Crippen LogP contribution in [0.3, 0.4) is 0 Å². The monoisotopic (exact) mass is 298 g/mol. The molecule has 20 heavy (non-hydrogen) atoms. The Kier molecular flexibility index (Phi) is 6.60. The van der Waals surface area contributed by atoms with E-state index in [-0.39, 0.29) is 0 Å². The van der Waals surface area contributed by atoms with Crippen molar-refractivity contribution in [1.29, 1.82) is 0 Å². The number of hydrogen-bond donors (Lipinski definition) is 1. The van der Waals surface area contributed by atoms with Gasteiger partial charge < -0.3 is 19.7 Å². The fourth-order valence-electron chi connectivity index (χ4n) is 2.28. The Morgan fingerprint density at radius 1 is 1.35 bits per heavy atom. The summed E-state index contributed by atoms with van der Waals surface area (Å²) in [5.41, 5.74) is 2.30. The summed E-state index contributed by atoms with van der Waals surface area (Å²) < 4.78 is 10.5. The highest BCUT2D eigenvalue weighted by molar-refractivity contribution is 6.31. The van der Waals surface area contributed by atoms with Gasteiger partial charge in [-0.15, -0.1) is 0 Å². The average Bonchev–Trinajstić information content (AvgIpc) is 2.74. The molecule has 0 radical (unpaired) electrons. The van der Waals surface area contributed by atoms with Crippen LogP contribution in [0.15, 0.2) is 18.2 Å². The van der Waals surface area contributed by atoms with Gasteiger partial charge in [0.15, 0.2) is 0 Å². The van der Waals surface area contributed by atoms with Gasteiger partial charge in [0.05, 0.1) is 13.2 Å². The van der Waals surface area contributed by atoms with Gasteiger partial charge in [-0.2, -0.15) is 0 Å². The van der Waals surface area contributed by atoms with Crippen LogP contribution in [-0.2, 0) is 16.0 Å². The Hall–Kier alpha value is -0.810. The number of nitrogens with zero attached hydrogens (tertiary/aromatic N) is 1. The summed E-state index contributed by atoms with van der Waals surface area (Å²) in [7, 11) is 1.70. The molecule has 1 heterocycles. The first-order valence-corrected chi connectivity index (χ1v) is 7.50. The third-order valence-electron chi connectivity index (χ3n) is 3.42.